The van der Waals surface area contributed by atoms with E-state index in [4.69, 9.17) is 5.73 Å². The number of hydrogen-bond acceptors (Lipinski definition) is 4. The number of anilines is 1. The lowest BCUT2D eigenvalue weighted by atomic mass is 10.1. The Morgan fingerprint density at radius 3 is 2.78 bits per heavy atom. The van der Waals surface area contributed by atoms with Gasteiger partial charge in [0.2, 0.25) is 5.91 Å². The van der Waals surface area contributed by atoms with Crippen LogP contribution in [0.4, 0.5) is 11.4 Å². The van der Waals surface area contributed by atoms with Crippen LogP contribution in [0.15, 0.2) is 18.2 Å². The minimum Gasteiger partial charge on any atom is -0.330 e. The number of nitro benzene ring substituents is 1. The molecule has 0 fully saturated rings. The van der Waals surface area contributed by atoms with E-state index in [9.17, 15) is 14.9 Å². The van der Waals surface area contributed by atoms with Crippen molar-refractivity contribution >= 4 is 17.3 Å². The smallest absolute Gasteiger partial charge is 0.274 e. The van der Waals surface area contributed by atoms with Gasteiger partial charge in [0.05, 0.1) is 4.92 Å². The summed E-state index contributed by atoms with van der Waals surface area (Å²) in [6, 6.07) is 4.62. The Balaban J connectivity index is 2.76. The summed E-state index contributed by atoms with van der Waals surface area (Å²) in [5.41, 5.74) is 6.42. The van der Waals surface area contributed by atoms with E-state index in [1.165, 1.54) is 6.07 Å². The lowest BCUT2D eigenvalue weighted by molar-refractivity contribution is -0.385. The molecule has 3 N–H and O–H groups in total. The topological polar surface area (TPSA) is 98.3 Å². The summed E-state index contributed by atoms with van der Waals surface area (Å²) in [6.45, 7) is 3.96. The normalized spacial score (nSPS) is 11.9. The number of nitrogens with two attached hydrogens (primary N) is 1. The second kappa shape index (κ2) is 6.11. The molecule has 98 valence electrons. The zero-order valence-corrected chi connectivity index (χ0v) is 10.5. The van der Waals surface area contributed by atoms with Gasteiger partial charge in [0.1, 0.15) is 0 Å². The average Bonchev–Trinajstić information content (AvgIpc) is 2.31. The number of amides is 1. The van der Waals surface area contributed by atoms with Gasteiger partial charge in [-0.15, -0.1) is 0 Å². The van der Waals surface area contributed by atoms with Gasteiger partial charge in [-0.3, -0.25) is 14.9 Å². The lowest BCUT2D eigenvalue weighted by Gasteiger charge is -2.09. The molecule has 0 heterocycles. The van der Waals surface area contributed by atoms with Gasteiger partial charge in [-0.2, -0.15) is 0 Å². The number of nitrogens with zero attached hydrogens (tertiary/aromatic N) is 1. The predicted octanol–water partition coefficient (Wildman–Crippen LogP) is 1.83. The molecule has 0 aliphatic rings. The molecule has 1 amide bonds. The molecule has 1 atom stereocenters. The van der Waals surface area contributed by atoms with Crippen molar-refractivity contribution in [2.75, 3.05) is 11.9 Å². The van der Waals surface area contributed by atoms with Crippen molar-refractivity contribution in [2.45, 2.75) is 20.3 Å². The molecule has 0 saturated heterocycles. The molecular formula is C12H17N3O3. The summed E-state index contributed by atoms with van der Waals surface area (Å²) in [7, 11) is 0. The number of hydrogen-bond donors (Lipinski definition) is 2. The Bertz CT molecular complexity index is 460. The van der Waals surface area contributed by atoms with Crippen LogP contribution in [0.2, 0.25) is 0 Å². The van der Waals surface area contributed by atoms with Crippen LogP contribution in [-0.4, -0.2) is 17.4 Å². The molecule has 6 nitrogen and oxygen atoms in total. The van der Waals surface area contributed by atoms with Gasteiger partial charge >= 0.3 is 0 Å². The number of aryl methyl sites for hydroxylation is 1. The van der Waals surface area contributed by atoms with Gasteiger partial charge in [0.25, 0.3) is 5.69 Å². The van der Waals surface area contributed by atoms with E-state index in [0.29, 0.717) is 24.2 Å². The summed E-state index contributed by atoms with van der Waals surface area (Å²) in [6.07, 6.45) is 0.304. The highest BCUT2D eigenvalue weighted by atomic mass is 16.6. The van der Waals surface area contributed by atoms with Crippen LogP contribution in [0.3, 0.4) is 0 Å². The zero-order chi connectivity index (χ0) is 13.7. The van der Waals surface area contributed by atoms with Crippen LogP contribution < -0.4 is 11.1 Å². The fraction of sp³-hybridized carbons (Fsp3) is 0.417. The van der Waals surface area contributed by atoms with Crippen LogP contribution in [0.1, 0.15) is 18.9 Å². The molecule has 0 spiro atoms. The first-order chi connectivity index (χ1) is 8.43. The van der Waals surface area contributed by atoms with E-state index in [2.05, 4.69) is 5.32 Å². The number of carbonyl (C=O) groups excluding carboxylic acids is 1. The van der Waals surface area contributed by atoms with E-state index in [1.807, 2.05) is 6.92 Å². The number of nitrogens with one attached hydrogen (secondary N) is 1. The standard InChI is InChI=1S/C12H17N3O3/c1-8(7-13)5-12(16)14-10-4-3-9(2)11(6-10)15(17)18/h3-4,6,8H,5,7,13H2,1-2H3,(H,14,16). The van der Waals surface area contributed by atoms with Gasteiger partial charge in [-0.25, -0.2) is 0 Å². The first-order valence-electron chi connectivity index (χ1n) is 5.69. The highest BCUT2D eigenvalue weighted by Gasteiger charge is 2.13. The predicted molar refractivity (Wildman–Crippen MR) is 69.3 cm³/mol. The van der Waals surface area contributed by atoms with Gasteiger partial charge in [-0.1, -0.05) is 13.0 Å². The van der Waals surface area contributed by atoms with Crippen LogP contribution in [0.25, 0.3) is 0 Å². The van der Waals surface area contributed by atoms with Crippen molar-refractivity contribution in [1.29, 1.82) is 0 Å². The Morgan fingerprint density at radius 2 is 2.22 bits per heavy atom. The summed E-state index contributed by atoms with van der Waals surface area (Å²) in [5.74, 6) is -0.100. The monoisotopic (exact) mass is 251 g/mol. The maximum atomic E-state index is 11.6. The van der Waals surface area contributed by atoms with Gasteiger partial charge in [0, 0.05) is 23.7 Å². The molecule has 0 saturated carbocycles. The van der Waals surface area contributed by atoms with Crippen LogP contribution in [0, 0.1) is 23.0 Å². The minimum atomic E-state index is -0.465. The average molecular weight is 251 g/mol. The van der Waals surface area contributed by atoms with Crippen molar-refractivity contribution in [1.82, 2.24) is 0 Å². The lowest BCUT2D eigenvalue weighted by Crippen LogP contribution is -2.20. The number of benzene rings is 1. The van der Waals surface area contributed by atoms with Crippen LogP contribution in [0.5, 0.6) is 0 Å². The van der Waals surface area contributed by atoms with Crippen LogP contribution in [-0.2, 0) is 4.79 Å². The molecule has 1 rings (SSSR count). The van der Waals surface area contributed by atoms with Crippen molar-refractivity contribution in [3.05, 3.63) is 33.9 Å². The summed E-state index contributed by atoms with van der Waals surface area (Å²) < 4.78 is 0. The number of rotatable bonds is 5. The summed E-state index contributed by atoms with van der Waals surface area (Å²) >= 11 is 0. The molecule has 1 aromatic rings. The van der Waals surface area contributed by atoms with Gasteiger partial charge in [-0.05, 0) is 25.5 Å². The van der Waals surface area contributed by atoms with Gasteiger partial charge < -0.3 is 11.1 Å². The van der Waals surface area contributed by atoms with Crippen molar-refractivity contribution in [2.24, 2.45) is 11.7 Å². The van der Waals surface area contributed by atoms with E-state index < -0.39 is 4.92 Å². The van der Waals surface area contributed by atoms with Crippen molar-refractivity contribution in [3.63, 3.8) is 0 Å². The molecule has 0 aromatic heterocycles. The molecule has 18 heavy (non-hydrogen) atoms. The fourth-order valence-corrected chi connectivity index (χ4v) is 1.50. The van der Waals surface area contributed by atoms with E-state index in [-0.39, 0.29) is 17.5 Å². The highest BCUT2D eigenvalue weighted by Crippen LogP contribution is 2.22. The van der Waals surface area contributed by atoms with Crippen molar-refractivity contribution in [3.8, 4) is 0 Å². The zero-order valence-electron chi connectivity index (χ0n) is 10.5. The number of nitro groups is 1. The van der Waals surface area contributed by atoms with E-state index in [1.54, 1.807) is 19.1 Å². The summed E-state index contributed by atoms with van der Waals surface area (Å²) in [4.78, 5) is 21.9. The molecule has 6 heteroatoms. The molecule has 0 radical (unpaired) electrons. The molecule has 0 aliphatic carbocycles. The van der Waals surface area contributed by atoms with E-state index in [0.717, 1.165) is 0 Å². The fourth-order valence-electron chi connectivity index (χ4n) is 1.50. The van der Waals surface area contributed by atoms with Crippen molar-refractivity contribution < 1.29 is 9.72 Å². The highest BCUT2D eigenvalue weighted by molar-refractivity contribution is 5.91. The summed E-state index contributed by atoms with van der Waals surface area (Å²) in [5, 5.41) is 13.4. The first-order valence-corrected chi connectivity index (χ1v) is 5.69. The van der Waals surface area contributed by atoms with Gasteiger partial charge in [0.15, 0.2) is 0 Å². The van der Waals surface area contributed by atoms with E-state index >= 15 is 0 Å². The Labute approximate surface area is 105 Å². The maximum absolute atomic E-state index is 11.6. The maximum Gasteiger partial charge on any atom is 0.274 e. The Hall–Kier alpha value is -1.95. The molecule has 1 aromatic carbocycles. The SMILES string of the molecule is Cc1ccc(NC(=O)CC(C)CN)cc1[N+](=O)[O-]. The van der Waals surface area contributed by atoms with Crippen LogP contribution >= 0.6 is 0 Å². The molecular weight excluding hydrogens is 234 g/mol. The molecule has 0 bridgehead atoms. The quantitative estimate of drug-likeness (QED) is 0.616. The third kappa shape index (κ3) is 3.81. The third-order valence-electron chi connectivity index (χ3n) is 2.63. The molecule has 0 aliphatic heterocycles. The minimum absolute atomic E-state index is 0.000302. The first kappa shape index (κ1) is 14.1. The largest absolute Gasteiger partial charge is 0.330 e. The third-order valence-corrected chi connectivity index (χ3v) is 2.63. The molecule has 1 unspecified atom stereocenters. The second-order valence-electron chi connectivity index (χ2n) is 4.35. The Morgan fingerprint density at radius 1 is 1.56 bits per heavy atom. The Kier molecular flexibility index (Phi) is 4.79. The number of carbonyl (C=O) groups is 1. The second-order valence-corrected chi connectivity index (χ2v) is 4.35.